The van der Waals surface area contributed by atoms with Crippen molar-refractivity contribution < 1.29 is 19.0 Å². The zero-order chi connectivity index (χ0) is 24.4. The van der Waals surface area contributed by atoms with Gasteiger partial charge in [-0.1, -0.05) is 0 Å². The number of hydrogen-bond acceptors (Lipinski definition) is 8. The van der Waals surface area contributed by atoms with Gasteiger partial charge in [0.2, 0.25) is 0 Å². The summed E-state index contributed by atoms with van der Waals surface area (Å²) in [6.45, 7) is 0.876. The van der Waals surface area contributed by atoms with Gasteiger partial charge in [0.15, 0.2) is 0 Å². The average molecular weight is 478 g/mol. The van der Waals surface area contributed by atoms with Crippen LogP contribution in [0.5, 0.6) is 17.2 Å². The lowest BCUT2D eigenvalue weighted by Crippen LogP contribution is -2.23. The van der Waals surface area contributed by atoms with Gasteiger partial charge in [0, 0.05) is 30.8 Å². The van der Waals surface area contributed by atoms with Crippen molar-refractivity contribution in [2.75, 3.05) is 18.6 Å². The van der Waals surface area contributed by atoms with Crippen LogP contribution in [0.25, 0.3) is 11.3 Å². The zero-order valence-electron chi connectivity index (χ0n) is 19.0. The summed E-state index contributed by atoms with van der Waals surface area (Å²) in [6.07, 6.45) is 3.37. The molecule has 0 aliphatic carbocycles. The number of rotatable bonds is 8. The fraction of sp³-hybridized carbons (Fsp3) is 0.208. The Labute approximate surface area is 200 Å². The molecule has 35 heavy (non-hydrogen) atoms. The normalized spacial score (nSPS) is 12.6. The van der Waals surface area contributed by atoms with Crippen molar-refractivity contribution in [3.63, 3.8) is 0 Å². The van der Waals surface area contributed by atoms with Crippen LogP contribution in [0.3, 0.4) is 0 Å². The number of fused-ring (bicyclic) bond motifs is 1. The number of hydrogen-bond donors (Lipinski definition) is 3. The number of imidazole rings is 1. The second kappa shape index (κ2) is 9.47. The average Bonchev–Trinajstić information content (AvgIpc) is 3.42. The van der Waals surface area contributed by atoms with Gasteiger partial charge in [-0.2, -0.15) is 5.10 Å². The minimum Gasteiger partial charge on any atom is -0.487 e. The van der Waals surface area contributed by atoms with Crippen molar-refractivity contribution in [3.05, 3.63) is 72.1 Å². The number of nitrogens with two attached hydrogens (primary N) is 1. The second-order valence-corrected chi connectivity index (χ2v) is 7.93. The van der Waals surface area contributed by atoms with Gasteiger partial charge in [-0.25, -0.2) is 19.0 Å². The smallest absolute Gasteiger partial charge is 0.137 e. The monoisotopic (exact) mass is 477 g/mol. The Bertz CT molecular complexity index is 1380. The highest BCUT2D eigenvalue weighted by Gasteiger charge is 2.24. The molecule has 3 heterocycles. The first kappa shape index (κ1) is 22.4. The number of anilines is 1. The molecule has 0 atom stereocenters. The highest BCUT2D eigenvalue weighted by molar-refractivity contribution is 6.08. The van der Waals surface area contributed by atoms with Gasteiger partial charge in [0.05, 0.1) is 36.9 Å². The molecule has 0 radical (unpaired) electrons. The molecule has 0 spiro atoms. The first-order valence-corrected chi connectivity index (χ1v) is 10.9. The number of aryl methyl sites for hydroxylation is 1. The molecule has 0 saturated heterocycles. The van der Waals surface area contributed by atoms with Gasteiger partial charge in [0.1, 0.15) is 53.7 Å². The number of aliphatic imine (C=N–C) groups is 1. The van der Waals surface area contributed by atoms with E-state index in [0.717, 1.165) is 17.1 Å². The number of ether oxygens (including phenoxy) is 2. The fourth-order valence-electron chi connectivity index (χ4n) is 3.80. The van der Waals surface area contributed by atoms with Crippen LogP contribution in [-0.4, -0.2) is 43.5 Å². The number of benzene rings is 2. The Kier molecular flexibility index (Phi) is 6.06. The van der Waals surface area contributed by atoms with Crippen LogP contribution in [0.1, 0.15) is 11.3 Å². The minimum absolute atomic E-state index is 0.0551. The van der Waals surface area contributed by atoms with E-state index in [1.54, 1.807) is 35.4 Å². The van der Waals surface area contributed by atoms with E-state index >= 15 is 0 Å². The number of aromatic nitrogens is 4. The van der Waals surface area contributed by atoms with Crippen LogP contribution in [-0.2, 0) is 20.2 Å². The van der Waals surface area contributed by atoms with Crippen molar-refractivity contribution in [2.45, 2.75) is 13.2 Å². The maximum absolute atomic E-state index is 14.2. The van der Waals surface area contributed by atoms with Crippen molar-refractivity contribution in [1.29, 1.82) is 0 Å². The molecule has 4 N–H and O–H groups in total. The molecule has 0 fully saturated rings. The minimum atomic E-state index is -0.470. The fourth-order valence-corrected chi connectivity index (χ4v) is 3.80. The molecule has 0 saturated carbocycles. The highest BCUT2D eigenvalue weighted by Crippen LogP contribution is 2.33. The van der Waals surface area contributed by atoms with Gasteiger partial charge in [-0.05, 0) is 24.3 Å². The number of aliphatic hydroxyl groups excluding tert-OH is 1. The largest absolute Gasteiger partial charge is 0.487 e. The van der Waals surface area contributed by atoms with Crippen LogP contribution in [0, 0.1) is 5.82 Å². The van der Waals surface area contributed by atoms with E-state index in [4.69, 9.17) is 15.2 Å². The van der Waals surface area contributed by atoms with E-state index in [1.165, 1.54) is 12.1 Å². The Hall–Kier alpha value is -4.38. The summed E-state index contributed by atoms with van der Waals surface area (Å²) in [4.78, 5) is 8.29. The van der Waals surface area contributed by atoms with E-state index in [1.807, 2.05) is 23.7 Å². The highest BCUT2D eigenvalue weighted by atomic mass is 19.1. The first-order valence-electron chi connectivity index (χ1n) is 10.9. The van der Waals surface area contributed by atoms with E-state index in [2.05, 4.69) is 20.4 Å². The molecular weight excluding hydrogens is 453 g/mol. The summed E-state index contributed by atoms with van der Waals surface area (Å²) >= 11 is 0. The van der Waals surface area contributed by atoms with Crippen LogP contribution in [0.4, 0.5) is 10.2 Å². The summed E-state index contributed by atoms with van der Waals surface area (Å²) in [6, 6.07) is 11.4. The summed E-state index contributed by atoms with van der Waals surface area (Å²) in [5.41, 5.74) is 9.13. The lowest BCUT2D eigenvalue weighted by Gasteiger charge is -2.14. The molecular formula is C24H24FN7O3. The summed E-state index contributed by atoms with van der Waals surface area (Å²) in [5, 5.41) is 17.1. The standard InChI is InChI=1S/C24H24FN7O3/c1-31-14-27-11-17(31)12-34-19-8-16(25)9-20(10-19)35-18-4-2-15(3-5-18)22-21-23(26)28-13-29-24(21)32(30-22)6-7-33/h2-5,8-11,14,29,33H,6-7,12-13H2,1H3,(H2,26,28). The molecule has 2 aromatic carbocycles. The predicted octanol–water partition coefficient (Wildman–Crippen LogP) is 2.87. The quantitative estimate of drug-likeness (QED) is 0.356. The van der Waals surface area contributed by atoms with Crippen molar-refractivity contribution in [1.82, 2.24) is 19.3 Å². The summed E-state index contributed by atoms with van der Waals surface area (Å²) in [7, 11) is 1.86. The van der Waals surface area contributed by atoms with E-state index < -0.39 is 5.82 Å². The lowest BCUT2D eigenvalue weighted by molar-refractivity contribution is 0.270. The molecule has 0 bridgehead atoms. The third-order valence-corrected chi connectivity index (χ3v) is 5.53. The molecule has 2 aromatic heterocycles. The van der Waals surface area contributed by atoms with Crippen LogP contribution >= 0.6 is 0 Å². The van der Waals surface area contributed by atoms with E-state index in [0.29, 0.717) is 47.6 Å². The lowest BCUT2D eigenvalue weighted by atomic mass is 10.1. The third-order valence-electron chi connectivity index (χ3n) is 5.53. The molecule has 180 valence electrons. The molecule has 1 aliphatic rings. The Morgan fingerprint density at radius 3 is 2.69 bits per heavy atom. The summed E-state index contributed by atoms with van der Waals surface area (Å²) in [5.74, 6) is 1.81. The van der Waals surface area contributed by atoms with Crippen molar-refractivity contribution in [3.8, 4) is 28.5 Å². The van der Waals surface area contributed by atoms with E-state index in [9.17, 15) is 9.50 Å². The number of nitrogens with zero attached hydrogens (tertiary/aromatic N) is 5. The summed E-state index contributed by atoms with van der Waals surface area (Å²) < 4.78 is 29.3. The van der Waals surface area contributed by atoms with Gasteiger partial charge in [-0.3, -0.25) is 0 Å². The number of nitrogens with one attached hydrogen (secondary N) is 1. The predicted molar refractivity (Wildman–Crippen MR) is 128 cm³/mol. The van der Waals surface area contributed by atoms with Gasteiger partial charge < -0.3 is 30.2 Å². The SMILES string of the molecule is Cn1cncc1COc1cc(F)cc(Oc2ccc(-c3nn(CCO)c4c3C(N)=NCN4)cc2)c1. The number of aliphatic hydroxyl groups is 1. The second-order valence-electron chi connectivity index (χ2n) is 7.93. The molecule has 10 nitrogen and oxygen atoms in total. The van der Waals surface area contributed by atoms with Crippen LogP contribution < -0.4 is 20.5 Å². The third kappa shape index (κ3) is 4.66. The molecule has 0 unspecified atom stereocenters. The maximum atomic E-state index is 14.2. The maximum Gasteiger partial charge on any atom is 0.137 e. The Morgan fingerprint density at radius 1 is 1.14 bits per heavy atom. The molecule has 11 heteroatoms. The molecule has 0 amide bonds. The zero-order valence-corrected chi connectivity index (χ0v) is 19.0. The van der Waals surface area contributed by atoms with Gasteiger partial charge >= 0.3 is 0 Å². The Balaban J connectivity index is 1.35. The van der Waals surface area contributed by atoms with Crippen molar-refractivity contribution >= 4 is 11.7 Å². The van der Waals surface area contributed by atoms with Gasteiger partial charge in [-0.15, -0.1) is 0 Å². The molecule has 5 rings (SSSR count). The number of amidine groups is 1. The van der Waals surface area contributed by atoms with Crippen LogP contribution in [0.2, 0.25) is 0 Å². The molecule has 1 aliphatic heterocycles. The van der Waals surface area contributed by atoms with Crippen LogP contribution in [0.15, 0.2) is 60.0 Å². The van der Waals surface area contributed by atoms with E-state index in [-0.39, 0.29) is 13.2 Å². The number of halogens is 1. The first-order chi connectivity index (χ1) is 17.0. The Morgan fingerprint density at radius 2 is 1.94 bits per heavy atom. The van der Waals surface area contributed by atoms with Gasteiger partial charge in [0.25, 0.3) is 0 Å². The topological polar surface area (TPSA) is 125 Å². The van der Waals surface area contributed by atoms with Crippen molar-refractivity contribution in [2.24, 2.45) is 17.8 Å². The molecule has 4 aromatic rings.